The van der Waals surface area contributed by atoms with Crippen molar-refractivity contribution < 1.29 is 22.7 Å². The Morgan fingerprint density at radius 3 is 2.53 bits per heavy atom. The number of pyridine rings is 2. The van der Waals surface area contributed by atoms with Gasteiger partial charge < -0.3 is 10.1 Å². The molecule has 5 rings (SSSR count). The number of hydrogen-bond acceptors (Lipinski definition) is 6. The van der Waals surface area contributed by atoms with Crippen LogP contribution in [0.5, 0.6) is 0 Å². The highest BCUT2D eigenvalue weighted by Crippen LogP contribution is 2.31. The van der Waals surface area contributed by atoms with Crippen molar-refractivity contribution in [3.05, 3.63) is 70.9 Å². The van der Waals surface area contributed by atoms with E-state index in [0.29, 0.717) is 17.4 Å². The lowest BCUT2D eigenvalue weighted by Crippen LogP contribution is -2.43. The molecule has 1 saturated heterocycles. The number of morpholine rings is 1. The van der Waals surface area contributed by atoms with E-state index in [1.165, 1.54) is 22.5 Å². The number of nitrogens with one attached hydrogen (secondary N) is 1. The van der Waals surface area contributed by atoms with Crippen LogP contribution < -0.4 is 5.32 Å². The van der Waals surface area contributed by atoms with Gasteiger partial charge in [0.15, 0.2) is 5.82 Å². The quantitative estimate of drug-likeness (QED) is 0.513. The Bertz CT molecular complexity index is 1340. The van der Waals surface area contributed by atoms with Crippen LogP contribution in [-0.4, -0.2) is 62.9 Å². The highest BCUT2D eigenvalue weighted by atomic mass is 19.4. The maximum Gasteiger partial charge on any atom is 0.417 e. The van der Waals surface area contributed by atoms with Gasteiger partial charge in [0, 0.05) is 25.3 Å². The van der Waals surface area contributed by atoms with Crippen molar-refractivity contribution in [3.63, 3.8) is 0 Å². The number of halogens is 3. The number of allylic oxidation sites excluding steroid dienone is 1. The molecule has 0 radical (unpaired) electrons. The molecule has 3 aromatic heterocycles. The predicted molar refractivity (Wildman–Crippen MR) is 136 cm³/mol. The number of ether oxygens (including phenoxy) is 1. The van der Waals surface area contributed by atoms with Gasteiger partial charge in [0.2, 0.25) is 0 Å². The average molecular weight is 527 g/mol. The molecule has 8 nitrogen and oxygen atoms in total. The molecule has 4 heterocycles. The van der Waals surface area contributed by atoms with Crippen molar-refractivity contribution in [3.8, 4) is 5.82 Å². The maximum absolute atomic E-state index is 13.0. The minimum absolute atomic E-state index is 0.188. The molecule has 0 saturated carbocycles. The van der Waals surface area contributed by atoms with Crippen LogP contribution in [0.15, 0.2) is 42.9 Å². The van der Waals surface area contributed by atoms with Crippen molar-refractivity contribution in [1.29, 1.82) is 0 Å². The molecular weight excluding hydrogens is 497 g/mol. The molecule has 200 valence electrons. The van der Waals surface area contributed by atoms with E-state index in [-0.39, 0.29) is 17.3 Å². The van der Waals surface area contributed by atoms with Crippen LogP contribution in [-0.2, 0) is 10.9 Å². The number of nitrogens with zero attached hydrogens (tertiary/aromatic N) is 5. The Labute approximate surface area is 218 Å². The monoisotopic (exact) mass is 526 g/mol. The van der Waals surface area contributed by atoms with Crippen molar-refractivity contribution in [2.24, 2.45) is 0 Å². The summed E-state index contributed by atoms with van der Waals surface area (Å²) in [5.74, 6) is -0.201. The molecule has 1 fully saturated rings. The van der Waals surface area contributed by atoms with Gasteiger partial charge in [0.1, 0.15) is 0 Å². The Kier molecular flexibility index (Phi) is 7.31. The van der Waals surface area contributed by atoms with E-state index in [4.69, 9.17) is 4.74 Å². The third-order valence-electron chi connectivity index (χ3n) is 7.13. The third-order valence-corrected chi connectivity index (χ3v) is 7.13. The van der Waals surface area contributed by atoms with Crippen molar-refractivity contribution in [1.82, 2.24) is 24.6 Å². The minimum atomic E-state index is -4.48. The normalized spacial score (nSPS) is 18.8. The van der Waals surface area contributed by atoms with Crippen LogP contribution in [0.1, 0.15) is 52.1 Å². The molecule has 2 aliphatic rings. The lowest BCUT2D eigenvalue weighted by atomic mass is 9.90. The molecule has 1 aliphatic carbocycles. The van der Waals surface area contributed by atoms with Crippen LogP contribution in [0.2, 0.25) is 0 Å². The largest absolute Gasteiger partial charge is 0.417 e. The Balaban J connectivity index is 1.25. The number of carbonyl (C=O) groups is 1. The molecule has 1 amide bonds. The third kappa shape index (κ3) is 5.48. The molecular formula is C27H29F3N6O2. The number of anilines is 1. The lowest BCUT2D eigenvalue weighted by Gasteiger charge is -2.36. The smallest absolute Gasteiger partial charge is 0.379 e. The summed E-state index contributed by atoms with van der Waals surface area (Å²) in [4.78, 5) is 24.0. The number of amides is 1. The fourth-order valence-electron chi connectivity index (χ4n) is 5.03. The van der Waals surface area contributed by atoms with E-state index in [9.17, 15) is 18.0 Å². The van der Waals surface area contributed by atoms with Crippen molar-refractivity contribution in [2.75, 3.05) is 31.6 Å². The van der Waals surface area contributed by atoms with Gasteiger partial charge in [-0.2, -0.15) is 18.3 Å². The van der Waals surface area contributed by atoms with Gasteiger partial charge in [-0.15, -0.1) is 0 Å². The second kappa shape index (κ2) is 10.7. The zero-order valence-corrected chi connectivity index (χ0v) is 21.3. The van der Waals surface area contributed by atoms with Crippen LogP contribution in [0.25, 0.3) is 11.4 Å². The first-order valence-corrected chi connectivity index (χ1v) is 12.6. The summed E-state index contributed by atoms with van der Waals surface area (Å²) < 4.78 is 45.3. The zero-order chi connectivity index (χ0) is 26.9. The van der Waals surface area contributed by atoms with Gasteiger partial charge in [-0.05, 0) is 62.4 Å². The average Bonchev–Trinajstić information content (AvgIpc) is 3.30. The molecule has 11 heteroatoms. The molecule has 0 aromatic carbocycles. The Hall–Kier alpha value is -3.57. The Morgan fingerprint density at radius 2 is 1.89 bits per heavy atom. The van der Waals surface area contributed by atoms with E-state index in [1.807, 2.05) is 13.0 Å². The minimum Gasteiger partial charge on any atom is -0.379 e. The van der Waals surface area contributed by atoms with Crippen LogP contribution in [0.3, 0.4) is 0 Å². The molecule has 3 aromatic rings. The summed E-state index contributed by atoms with van der Waals surface area (Å²) in [5.41, 5.74) is 3.60. The molecule has 1 atom stereocenters. The molecule has 0 bridgehead atoms. The van der Waals surface area contributed by atoms with Gasteiger partial charge in [0.25, 0.3) is 5.91 Å². The highest BCUT2D eigenvalue weighted by Gasteiger charge is 2.31. The summed E-state index contributed by atoms with van der Waals surface area (Å²) >= 11 is 0. The zero-order valence-electron chi connectivity index (χ0n) is 21.3. The van der Waals surface area contributed by atoms with Crippen molar-refractivity contribution >= 4 is 17.2 Å². The number of hydrogen-bond donors (Lipinski definition) is 1. The number of rotatable bonds is 5. The first kappa shape index (κ1) is 26.1. The summed E-state index contributed by atoms with van der Waals surface area (Å²) in [6, 6.07) is 4.60. The number of alkyl halides is 3. The topological polar surface area (TPSA) is 85.2 Å². The van der Waals surface area contributed by atoms with E-state index in [2.05, 4.69) is 31.4 Å². The number of aryl methyl sites for hydroxylation is 1. The summed E-state index contributed by atoms with van der Waals surface area (Å²) in [6.45, 7) is 7.21. The van der Waals surface area contributed by atoms with E-state index >= 15 is 0 Å². The van der Waals surface area contributed by atoms with Crippen LogP contribution >= 0.6 is 0 Å². The van der Waals surface area contributed by atoms with Crippen molar-refractivity contribution in [2.45, 2.75) is 45.3 Å². The van der Waals surface area contributed by atoms with Gasteiger partial charge in [0.05, 0.1) is 53.8 Å². The van der Waals surface area contributed by atoms with E-state index < -0.39 is 11.7 Å². The number of aromatic nitrogens is 4. The summed E-state index contributed by atoms with van der Waals surface area (Å²) in [7, 11) is 0. The van der Waals surface area contributed by atoms with Crippen LogP contribution in [0, 0.1) is 13.8 Å². The van der Waals surface area contributed by atoms with Crippen LogP contribution in [0.4, 0.5) is 18.9 Å². The summed E-state index contributed by atoms with van der Waals surface area (Å²) in [6.07, 6.45) is 4.60. The fraction of sp³-hybridized carbons (Fsp3) is 0.407. The Morgan fingerprint density at radius 1 is 1.11 bits per heavy atom. The molecule has 1 aliphatic heterocycles. The van der Waals surface area contributed by atoms with Gasteiger partial charge in [-0.25, -0.2) is 9.67 Å². The van der Waals surface area contributed by atoms with Gasteiger partial charge in [-0.1, -0.05) is 6.08 Å². The first-order valence-electron chi connectivity index (χ1n) is 12.6. The predicted octanol–water partition coefficient (Wildman–Crippen LogP) is 4.82. The van der Waals surface area contributed by atoms with Gasteiger partial charge in [-0.3, -0.25) is 14.7 Å². The fourth-order valence-corrected chi connectivity index (χ4v) is 5.03. The van der Waals surface area contributed by atoms with Gasteiger partial charge >= 0.3 is 6.18 Å². The number of carbonyl (C=O) groups excluding carboxylic acids is 1. The second-order valence-corrected chi connectivity index (χ2v) is 9.61. The first-order chi connectivity index (χ1) is 18.2. The maximum atomic E-state index is 13.0. The second-order valence-electron chi connectivity index (χ2n) is 9.61. The molecule has 38 heavy (non-hydrogen) atoms. The SMILES string of the molecule is Cc1cc(NC(=O)c2cnn(-c3ccc(C(F)(F)F)cn3)c2C)cnc1C1=CC[C@H](N2CCOCC2)CC1. The van der Waals surface area contributed by atoms with E-state index in [0.717, 1.165) is 69.1 Å². The highest BCUT2D eigenvalue weighted by molar-refractivity contribution is 6.05. The standard InChI is InChI=1S/C27H29F3N6O2/c1-17-13-21(15-32-25(17)19-3-6-22(7-4-19)35-9-11-38-12-10-35)34-26(37)23-16-33-36(18(23)2)24-8-5-20(14-31-24)27(28,29)30/h3,5,8,13-16,22H,4,6-7,9-12H2,1-2H3,(H,34,37)/t22-/m0/s1. The lowest BCUT2D eigenvalue weighted by molar-refractivity contribution is -0.137. The summed E-state index contributed by atoms with van der Waals surface area (Å²) in [5, 5.41) is 7.00. The van der Waals surface area contributed by atoms with E-state index in [1.54, 1.807) is 13.1 Å². The molecule has 0 unspecified atom stereocenters. The molecule has 0 spiro atoms. The molecule has 1 N–H and O–H groups in total.